The molecule has 1 aromatic carbocycles. The molecule has 2 aliphatic heterocycles. The molecule has 0 bridgehead atoms. The van der Waals surface area contributed by atoms with Gasteiger partial charge in [0, 0.05) is 19.1 Å². The van der Waals surface area contributed by atoms with Crippen molar-refractivity contribution in [3.8, 4) is 5.75 Å². The van der Waals surface area contributed by atoms with E-state index < -0.39 is 0 Å². The second kappa shape index (κ2) is 5.98. The summed E-state index contributed by atoms with van der Waals surface area (Å²) in [4.78, 5) is 2.57. The number of benzene rings is 1. The van der Waals surface area contributed by atoms with Crippen LogP contribution < -0.4 is 4.74 Å². The van der Waals surface area contributed by atoms with E-state index in [2.05, 4.69) is 36.9 Å². The van der Waals surface area contributed by atoms with E-state index in [0.717, 1.165) is 38.1 Å². The Bertz CT molecular complexity index is 500. The summed E-state index contributed by atoms with van der Waals surface area (Å²) in [7, 11) is 1.72. The first kappa shape index (κ1) is 14.9. The lowest BCUT2D eigenvalue weighted by molar-refractivity contribution is -0.0191. The Hall–Kier alpha value is -1.06. The summed E-state index contributed by atoms with van der Waals surface area (Å²) in [5, 5.41) is 10.6. The van der Waals surface area contributed by atoms with Crippen LogP contribution in [0, 0.1) is 11.8 Å². The summed E-state index contributed by atoms with van der Waals surface area (Å²) in [6.45, 7) is 6.64. The van der Waals surface area contributed by atoms with Crippen molar-refractivity contribution in [3.05, 3.63) is 29.3 Å². The summed E-state index contributed by atoms with van der Waals surface area (Å²) in [6, 6.07) is 6.77. The average Bonchev–Trinajstić information content (AvgIpc) is 2.47. The fourth-order valence-corrected chi connectivity index (χ4v) is 4.03. The molecule has 0 aromatic heterocycles. The van der Waals surface area contributed by atoms with Gasteiger partial charge >= 0.3 is 0 Å². The maximum Gasteiger partial charge on any atom is 0.119 e. The molecule has 2 aliphatic rings. The van der Waals surface area contributed by atoms with Crippen molar-refractivity contribution < 1.29 is 9.84 Å². The van der Waals surface area contributed by atoms with Crippen LogP contribution in [0.1, 0.15) is 43.9 Å². The highest BCUT2D eigenvalue weighted by Gasteiger charge is 2.38. The second-order valence-corrected chi connectivity index (χ2v) is 7.02. The van der Waals surface area contributed by atoms with Crippen molar-refractivity contribution in [3.63, 3.8) is 0 Å². The molecule has 3 atom stereocenters. The van der Waals surface area contributed by atoms with Crippen molar-refractivity contribution in [1.29, 1.82) is 0 Å². The van der Waals surface area contributed by atoms with Crippen LogP contribution in [0.4, 0.5) is 0 Å². The van der Waals surface area contributed by atoms with Gasteiger partial charge in [-0.05, 0) is 54.4 Å². The highest BCUT2D eigenvalue weighted by Crippen LogP contribution is 2.41. The van der Waals surface area contributed by atoms with Crippen LogP contribution in [-0.4, -0.2) is 36.3 Å². The number of hydrogen-bond donors (Lipinski definition) is 1. The zero-order valence-corrected chi connectivity index (χ0v) is 13.4. The minimum Gasteiger partial charge on any atom is -0.497 e. The maximum atomic E-state index is 10.6. The molecule has 1 fully saturated rings. The molecule has 2 heterocycles. The molecule has 0 spiro atoms. The fourth-order valence-electron chi connectivity index (χ4n) is 4.03. The third kappa shape index (κ3) is 2.95. The van der Waals surface area contributed by atoms with Crippen molar-refractivity contribution in [1.82, 2.24) is 4.90 Å². The molecule has 3 nitrogen and oxygen atoms in total. The highest BCUT2D eigenvalue weighted by molar-refractivity contribution is 5.39. The lowest BCUT2D eigenvalue weighted by Gasteiger charge is -2.46. The van der Waals surface area contributed by atoms with Crippen molar-refractivity contribution in [2.45, 2.75) is 45.3 Å². The molecule has 0 saturated carbocycles. The quantitative estimate of drug-likeness (QED) is 0.928. The molecule has 116 valence electrons. The van der Waals surface area contributed by atoms with Crippen LogP contribution >= 0.6 is 0 Å². The Labute approximate surface area is 127 Å². The normalized spacial score (nSPS) is 29.1. The van der Waals surface area contributed by atoms with E-state index in [1.807, 2.05) is 0 Å². The Morgan fingerprint density at radius 2 is 2.19 bits per heavy atom. The number of aliphatic hydroxyl groups excluding tert-OH is 1. The van der Waals surface area contributed by atoms with Crippen LogP contribution in [0.25, 0.3) is 0 Å². The lowest BCUT2D eigenvalue weighted by Crippen LogP contribution is -2.48. The maximum absolute atomic E-state index is 10.6. The minimum atomic E-state index is -0.175. The predicted octanol–water partition coefficient (Wildman–Crippen LogP) is 3.02. The monoisotopic (exact) mass is 289 g/mol. The molecule has 0 amide bonds. The van der Waals surface area contributed by atoms with Gasteiger partial charge in [-0.2, -0.15) is 0 Å². The summed E-state index contributed by atoms with van der Waals surface area (Å²) in [5.41, 5.74) is 2.79. The van der Waals surface area contributed by atoms with Crippen molar-refractivity contribution in [2.75, 3.05) is 20.2 Å². The molecule has 3 unspecified atom stereocenters. The Balaban J connectivity index is 1.83. The number of methoxy groups -OCH3 is 1. The number of fused-ring (bicyclic) bond motifs is 3. The first-order valence-corrected chi connectivity index (χ1v) is 8.17. The molecule has 3 rings (SSSR count). The summed E-state index contributed by atoms with van der Waals surface area (Å²) >= 11 is 0. The summed E-state index contributed by atoms with van der Waals surface area (Å²) < 4.78 is 5.38. The SMILES string of the molecule is COc1ccc2c(c1)C1CC(O)C(CC(C)C)CN1CC2. The van der Waals surface area contributed by atoms with Gasteiger partial charge in [0.05, 0.1) is 13.2 Å². The first-order chi connectivity index (χ1) is 10.1. The van der Waals surface area contributed by atoms with Gasteiger partial charge < -0.3 is 9.84 Å². The second-order valence-electron chi connectivity index (χ2n) is 7.02. The first-order valence-electron chi connectivity index (χ1n) is 8.17. The zero-order chi connectivity index (χ0) is 15.0. The molecule has 1 N–H and O–H groups in total. The third-order valence-electron chi connectivity index (χ3n) is 5.07. The van der Waals surface area contributed by atoms with Gasteiger partial charge in [0.25, 0.3) is 0 Å². The van der Waals surface area contributed by atoms with Gasteiger partial charge in [0.15, 0.2) is 0 Å². The van der Waals surface area contributed by atoms with Crippen molar-refractivity contribution >= 4 is 0 Å². The van der Waals surface area contributed by atoms with E-state index in [-0.39, 0.29) is 6.10 Å². The van der Waals surface area contributed by atoms with Gasteiger partial charge in [-0.1, -0.05) is 19.9 Å². The number of rotatable bonds is 3. The number of nitrogens with zero attached hydrogens (tertiary/aromatic N) is 1. The highest BCUT2D eigenvalue weighted by atomic mass is 16.5. The number of piperidine rings is 1. The molecule has 0 radical (unpaired) electrons. The molecule has 1 saturated heterocycles. The molecular weight excluding hydrogens is 262 g/mol. The van der Waals surface area contributed by atoms with E-state index >= 15 is 0 Å². The van der Waals surface area contributed by atoms with E-state index in [9.17, 15) is 5.11 Å². The van der Waals surface area contributed by atoms with Gasteiger partial charge in [-0.15, -0.1) is 0 Å². The molecular formula is C18H27NO2. The topological polar surface area (TPSA) is 32.7 Å². The summed E-state index contributed by atoms with van der Waals surface area (Å²) in [5.74, 6) is 2.00. The van der Waals surface area contributed by atoms with Crippen molar-refractivity contribution in [2.24, 2.45) is 11.8 Å². The largest absolute Gasteiger partial charge is 0.497 e. The molecule has 21 heavy (non-hydrogen) atoms. The Kier molecular flexibility index (Phi) is 4.23. The van der Waals surface area contributed by atoms with Gasteiger partial charge in [-0.3, -0.25) is 4.90 Å². The average molecular weight is 289 g/mol. The smallest absolute Gasteiger partial charge is 0.119 e. The molecule has 1 aromatic rings. The number of ether oxygens (including phenoxy) is 1. The van der Waals surface area contributed by atoms with Crippen LogP contribution in [0.15, 0.2) is 18.2 Å². The van der Waals surface area contributed by atoms with E-state index in [4.69, 9.17) is 4.74 Å². The Morgan fingerprint density at radius 3 is 2.90 bits per heavy atom. The van der Waals surface area contributed by atoms with Gasteiger partial charge in [0.2, 0.25) is 0 Å². The fraction of sp³-hybridized carbons (Fsp3) is 0.667. The summed E-state index contributed by atoms with van der Waals surface area (Å²) in [6.07, 6.45) is 2.92. The molecule has 0 aliphatic carbocycles. The van der Waals surface area contributed by atoms with Gasteiger partial charge in [0.1, 0.15) is 5.75 Å². The predicted molar refractivity (Wildman–Crippen MR) is 84.6 cm³/mol. The number of aliphatic hydroxyl groups is 1. The van der Waals surface area contributed by atoms with Crippen LogP contribution in [0.3, 0.4) is 0 Å². The minimum absolute atomic E-state index is 0.175. The Morgan fingerprint density at radius 1 is 1.38 bits per heavy atom. The third-order valence-corrected chi connectivity index (χ3v) is 5.07. The van der Waals surface area contributed by atoms with Gasteiger partial charge in [-0.25, -0.2) is 0 Å². The standard InChI is InChI=1S/C18H27NO2/c1-12(2)8-14-11-19-7-6-13-4-5-15(21-3)9-16(13)17(19)10-18(14)20/h4-5,9,12,14,17-18,20H,6-8,10-11H2,1-3H3. The zero-order valence-electron chi connectivity index (χ0n) is 13.4. The number of hydrogen-bond acceptors (Lipinski definition) is 3. The van der Waals surface area contributed by atoms with Crippen LogP contribution in [0.5, 0.6) is 5.75 Å². The lowest BCUT2D eigenvalue weighted by atomic mass is 9.79. The van der Waals surface area contributed by atoms with E-state index in [1.54, 1.807) is 7.11 Å². The van der Waals surface area contributed by atoms with E-state index in [0.29, 0.717) is 17.9 Å². The van der Waals surface area contributed by atoms with E-state index in [1.165, 1.54) is 11.1 Å². The van der Waals surface area contributed by atoms with Crippen LogP contribution in [0.2, 0.25) is 0 Å². The van der Waals surface area contributed by atoms with Crippen LogP contribution in [-0.2, 0) is 6.42 Å². The molecule has 3 heteroatoms.